The van der Waals surface area contributed by atoms with Gasteiger partial charge in [0.25, 0.3) is 0 Å². The summed E-state index contributed by atoms with van der Waals surface area (Å²) >= 11 is 0. The smallest absolute Gasteiger partial charge is 0.249 e. The number of nitrogens with one attached hydrogen (secondary N) is 1. The van der Waals surface area contributed by atoms with Crippen molar-refractivity contribution in [2.45, 2.75) is 250 Å². The summed E-state index contributed by atoms with van der Waals surface area (Å²) in [6.07, 6.45) is 48.9. The number of aliphatic hydroxyl groups is 4. The molecule has 0 aliphatic carbocycles. The zero-order chi connectivity index (χ0) is 38.9. The third-order valence-corrected chi connectivity index (χ3v) is 10.6. The summed E-state index contributed by atoms with van der Waals surface area (Å²) in [4.78, 5) is 12.5. The zero-order valence-corrected chi connectivity index (χ0v) is 35.0. The maximum Gasteiger partial charge on any atom is 0.249 e. The number of rotatable bonds is 41. The zero-order valence-electron chi connectivity index (χ0n) is 35.0. The van der Waals surface area contributed by atoms with Crippen molar-refractivity contribution in [3.8, 4) is 0 Å². The third kappa shape index (κ3) is 36.0. The summed E-state index contributed by atoms with van der Waals surface area (Å²) in [7, 11) is 0. The van der Waals surface area contributed by atoms with Gasteiger partial charge in [0, 0.05) is 0 Å². The average molecular weight is 748 g/mol. The Morgan fingerprint density at radius 2 is 0.830 bits per heavy atom. The van der Waals surface area contributed by atoms with E-state index >= 15 is 0 Å². The van der Waals surface area contributed by atoms with Crippen molar-refractivity contribution >= 4 is 5.91 Å². The van der Waals surface area contributed by atoms with E-state index in [0.717, 1.165) is 44.9 Å². The average Bonchev–Trinajstić information content (AvgIpc) is 3.16. The van der Waals surface area contributed by atoms with Crippen LogP contribution in [0.4, 0.5) is 0 Å². The molecule has 4 atom stereocenters. The van der Waals surface area contributed by atoms with E-state index < -0.39 is 36.9 Å². The van der Waals surface area contributed by atoms with E-state index in [-0.39, 0.29) is 0 Å². The highest BCUT2D eigenvalue weighted by Gasteiger charge is 2.28. The summed E-state index contributed by atoms with van der Waals surface area (Å²) in [5.74, 6) is -0.598. The minimum atomic E-state index is -1.28. The molecule has 0 rings (SSSR count). The van der Waals surface area contributed by atoms with Gasteiger partial charge in [0.05, 0.1) is 18.8 Å². The third-order valence-electron chi connectivity index (χ3n) is 10.6. The van der Waals surface area contributed by atoms with Crippen LogP contribution in [0.15, 0.2) is 36.5 Å². The van der Waals surface area contributed by atoms with Gasteiger partial charge in [-0.05, 0) is 64.2 Å². The molecule has 0 fully saturated rings. The first kappa shape index (κ1) is 51.5. The molecule has 0 aromatic heterocycles. The molecule has 53 heavy (non-hydrogen) atoms. The lowest BCUT2D eigenvalue weighted by molar-refractivity contribution is -0.132. The number of hydrogen-bond acceptors (Lipinski definition) is 5. The molecule has 4 unspecified atom stereocenters. The molecule has 0 aromatic rings. The van der Waals surface area contributed by atoms with Crippen molar-refractivity contribution in [3.63, 3.8) is 0 Å². The summed E-state index contributed by atoms with van der Waals surface area (Å²) in [5, 5.41) is 43.7. The molecule has 0 spiro atoms. The molecule has 0 saturated heterocycles. The minimum Gasteiger partial charge on any atom is -0.394 e. The second kappa shape index (κ2) is 41.7. The Labute approximate surface area is 328 Å². The molecule has 0 aliphatic heterocycles. The predicted molar refractivity (Wildman–Crippen MR) is 228 cm³/mol. The van der Waals surface area contributed by atoms with E-state index in [0.29, 0.717) is 12.8 Å². The molecule has 0 heterocycles. The lowest BCUT2D eigenvalue weighted by Gasteiger charge is -2.27. The van der Waals surface area contributed by atoms with Gasteiger partial charge in [-0.3, -0.25) is 4.79 Å². The first-order valence-electron chi connectivity index (χ1n) is 22.9. The Morgan fingerprint density at radius 1 is 0.472 bits per heavy atom. The maximum absolute atomic E-state index is 12.5. The molecule has 0 aliphatic rings. The Hall–Kier alpha value is -1.47. The van der Waals surface area contributed by atoms with Crippen LogP contribution in [0.1, 0.15) is 226 Å². The monoisotopic (exact) mass is 748 g/mol. The van der Waals surface area contributed by atoms with Crippen molar-refractivity contribution in [1.29, 1.82) is 0 Å². The quantitative estimate of drug-likeness (QED) is 0.0243. The molecule has 6 heteroatoms. The topological polar surface area (TPSA) is 110 Å². The number of amides is 1. The summed E-state index contributed by atoms with van der Waals surface area (Å²) < 4.78 is 0. The molecule has 6 nitrogen and oxygen atoms in total. The van der Waals surface area contributed by atoms with Gasteiger partial charge in [0.2, 0.25) is 5.91 Å². The van der Waals surface area contributed by atoms with E-state index in [1.807, 2.05) is 0 Å². The number of unbranched alkanes of at least 4 members (excludes halogenated alkanes) is 27. The predicted octanol–water partition coefficient (Wildman–Crippen LogP) is 12.1. The standard InChI is InChI=1S/C47H89NO5/c1-3-5-7-9-11-13-15-17-19-21-23-25-26-28-30-32-34-36-38-40-44(50)46(52)43(42-49)48-47(53)45(51)41-39-37-35-33-31-29-27-24-22-20-18-16-14-12-10-8-6-4-2/h12,14,16,18,32,34,43-46,49-52H,3-11,13,15,17,19-31,33,35-42H2,1-2H3,(H,48,53)/b14-12-,18-16-,34-32+. The maximum atomic E-state index is 12.5. The van der Waals surface area contributed by atoms with Gasteiger partial charge in [-0.15, -0.1) is 0 Å². The Bertz CT molecular complexity index is 843. The van der Waals surface area contributed by atoms with Crippen molar-refractivity contribution in [3.05, 3.63) is 36.5 Å². The van der Waals surface area contributed by atoms with Crippen LogP contribution >= 0.6 is 0 Å². The first-order chi connectivity index (χ1) is 26.0. The molecule has 0 aromatic carbocycles. The molecule has 5 N–H and O–H groups in total. The fraction of sp³-hybridized carbons (Fsp3) is 0.851. The second-order valence-electron chi connectivity index (χ2n) is 15.8. The number of allylic oxidation sites excluding steroid dienone is 6. The highest BCUT2D eigenvalue weighted by Crippen LogP contribution is 2.16. The molecule has 0 bridgehead atoms. The van der Waals surface area contributed by atoms with Crippen molar-refractivity contribution < 1.29 is 25.2 Å². The van der Waals surface area contributed by atoms with E-state index in [2.05, 4.69) is 55.6 Å². The fourth-order valence-corrected chi connectivity index (χ4v) is 6.92. The lowest BCUT2D eigenvalue weighted by Crippen LogP contribution is -2.53. The van der Waals surface area contributed by atoms with Gasteiger partial charge in [-0.1, -0.05) is 198 Å². The Morgan fingerprint density at radius 3 is 1.28 bits per heavy atom. The number of aliphatic hydroxyl groups excluding tert-OH is 4. The molecular formula is C47H89NO5. The van der Waals surface area contributed by atoms with Gasteiger partial charge in [-0.2, -0.15) is 0 Å². The van der Waals surface area contributed by atoms with E-state index in [1.165, 1.54) is 154 Å². The second-order valence-corrected chi connectivity index (χ2v) is 15.8. The largest absolute Gasteiger partial charge is 0.394 e. The molecule has 0 saturated carbocycles. The van der Waals surface area contributed by atoms with Crippen LogP contribution in [-0.2, 0) is 4.79 Å². The number of carbonyl (C=O) groups is 1. The first-order valence-corrected chi connectivity index (χ1v) is 22.9. The van der Waals surface area contributed by atoms with Crippen LogP contribution < -0.4 is 5.32 Å². The van der Waals surface area contributed by atoms with Crippen molar-refractivity contribution in [1.82, 2.24) is 5.32 Å². The van der Waals surface area contributed by atoms with Gasteiger partial charge in [0.1, 0.15) is 12.2 Å². The van der Waals surface area contributed by atoms with Crippen molar-refractivity contribution in [2.24, 2.45) is 0 Å². The van der Waals surface area contributed by atoms with Gasteiger partial charge in [-0.25, -0.2) is 0 Å². The number of hydrogen-bond donors (Lipinski definition) is 5. The molecule has 0 radical (unpaired) electrons. The van der Waals surface area contributed by atoms with Gasteiger partial charge in [0.15, 0.2) is 0 Å². The van der Waals surface area contributed by atoms with Crippen LogP contribution in [0.25, 0.3) is 0 Å². The Kier molecular flexibility index (Phi) is 40.5. The molecule has 312 valence electrons. The SMILES string of the molecule is CCCCC/C=C\C=C/CCCCCCCCCCCC(O)C(=O)NC(CO)C(O)C(O)CCC/C=C/CCCCCCCCCCCCCCCC. The molecular weight excluding hydrogens is 659 g/mol. The Balaban J connectivity index is 3.77. The minimum absolute atomic E-state index is 0.357. The van der Waals surface area contributed by atoms with Crippen LogP contribution in [-0.4, -0.2) is 57.3 Å². The van der Waals surface area contributed by atoms with Crippen LogP contribution in [0.2, 0.25) is 0 Å². The summed E-state index contributed by atoms with van der Waals surface area (Å²) in [5.41, 5.74) is 0. The lowest BCUT2D eigenvalue weighted by atomic mass is 10.00. The van der Waals surface area contributed by atoms with Gasteiger partial charge < -0.3 is 25.7 Å². The highest BCUT2D eigenvalue weighted by atomic mass is 16.3. The van der Waals surface area contributed by atoms with Crippen LogP contribution in [0.3, 0.4) is 0 Å². The van der Waals surface area contributed by atoms with E-state index in [4.69, 9.17) is 0 Å². The van der Waals surface area contributed by atoms with E-state index in [9.17, 15) is 25.2 Å². The highest BCUT2D eigenvalue weighted by molar-refractivity contribution is 5.80. The summed E-state index contributed by atoms with van der Waals surface area (Å²) in [6, 6.07) is -1.00. The van der Waals surface area contributed by atoms with E-state index in [1.54, 1.807) is 0 Å². The normalized spacial score (nSPS) is 14.5. The fourth-order valence-electron chi connectivity index (χ4n) is 6.92. The van der Waals surface area contributed by atoms with Crippen molar-refractivity contribution in [2.75, 3.05) is 6.61 Å². The van der Waals surface area contributed by atoms with Crippen LogP contribution in [0, 0.1) is 0 Å². The van der Waals surface area contributed by atoms with Crippen LogP contribution in [0.5, 0.6) is 0 Å². The summed E-state index contributed by atoms with van der Waals surface area (Å²) in [6.45, 7) is 4.02. The van der Waals surface area contributed by atoms with Gasteiger partial charge >= 0.3 is 0 Å². The number of carbonyl (C=O) groups excluding carboxylic acids is 1. The molecule has 1 amide bonds.